The third kappa shape index (κ3) is 5.28. The van der Waals surface area contributed by atoms with E-state index in [2.05, 4.69) is 24.9 Å². The highest BCUT2D eigenvalue weighted by Crippen LogP contribution is 2.42. The monoisotopic (exact) mass is 592 g/mol. The average Bonchev–Trinajstić information content (AvgIpc) is 3.35. The minimum atomic E-state index is -4.29. The van der Waals surface area contributed by atoms with Crippen LogP contribution in [0, 0.1) is 5.82 Å². The third-order valence-electron chi connectivity index (χ3n) is 6.04. The molecule has 3 heterocycles. The standard InChI is InChI=1S/C25H23Cl2FN6O2S2/c1-29-24-30-12-11-19(31-24)22-21(32-25(37-22)34-13-3-2-4-14-34)15-7-5-10-18(20(15)28)33-38(35,36)23-16(26)8-6-9-17(23)27/h5-12,33H,2-4,13-14H2,1H3,(H,29,30,31). The van der Waals surface area contributed by atoms with Gasteiger partial charge in [0.2, 0.25) is 5.95 Å². The normalized spacial score (nSPS) is 13.9. The maximum Gasteiger partial charge on any atom is 0.264 e. The molecule has 0 saturated carbocycles. The van der Waals surface area contributed by atoms with Crippen LogP contribution in [0.2, 0.25) is 10.0 Å². The van der Waals surface area contributed by atoms with Crippen LogP contribution in [0.3, 0.4) is 0 Å². The van der Waals surface area contributed by atoms with Gasteiger partial charge < -0.3 is 10.2 Å². The number of hydrogen-bond acceptors (Lipinski definition) is 8. The molecule has 8 nitrogen and oxygen atoms in total. The number of aromatic nitrogens is 3. The summed E-state index contributed by atoms with van der Waals surface area (Å²) in [7, 11) is -2.57. The molecule has 2 N–H and O–H groups in total. The molecule has 38 heavy (non-hydrogen) atoms. The van der Waals surface area contributed by atoms with Gasteiger partial charge in [0.15, 0.2) is 10.9 Å². The van der Waals surface area contributed by atoms with Crippen molar-refractivity contribution in [1.82, 2.24) is 15.0 Å². The van der Waals surface area contributed by atoms with E-state index in [-0.39, 0.29) is 26.2 Å². The summed E-state index contributed by atoms with van der Waals surface area (Å²) in [5, 5.41) is 3.53. The summed E-state index contributed by atoms with van der Waals surface area (Å²) in [4.78, 5) is 16.1. The first-order valence-corrected chi connectivity index (χ1v) is 14.9. The number of sulfonamides is 1. The quantitative estimate of drug-likeness (QED) is 0.251. The van der Waals surface area contributed by atoms with Gasteiger partial charge in [0.05, 0.1) is 32.0 Å². The van der Waals surface area contributed by atoms with Crippen molar-refractivity contribution < 1.29 is 12.8 Å². The molecule has 0 radical (unpaired) electrons. The van der Waals surface area contributed by atoms with Gasteiger partial charge in [0, 0.05) is 31.9 Å². The van der Waals surface area contributed by atoms with E-state index < -0.39 is 15.8 Å². The number of rotatable bonds is 7. The van der Waals surface area contributed by atoms with E-state index >= 15 is 4.39 Å². The highest BCUT2D eigenvalue weighted by Gasteiger charge is 2.27. The molecule has 0 bridgehead atoms. The first-order valence-electron chi connectivity index (χ1n) is 11.8. The molecule has 0 amide bonds. The van der Waals surface area contributed by atoms with Gasteiger partial charge in [-0.05, 0) is 49.6 Å². The molecular formula is C25H23Cl2FN6O2S2. The predicted octanol–water partition coefficient (Wildman–Crippen LogP) is 6.55. The van der Waals surface area contributed by atoms with Gasteiger partial charge in [-0.15, -0.1) is 0 Å². The molecular weight excluding hydrogens is 570 g/mol. The maximum absolute atomic E-state index is 16.0. The van der Waals surface area contributed by atoms with Crippen LogP contribution in [-0.2, 0) is 10.0 Å². The number of piperidine rings is 1. The second kappa shape index (κ2) is 11.0. The summed E-state index contributed by atoms with van der Waals surface area (Å²) >= 11 is 13.6. The molecule has 2 aromatic carbocycles. The van der Waals surface area contributed by atoms with Crippen LogP contribution < -0.4 is 14.9 Å². The number of thiazole rings is 1. The molecule has 0 unspecified atom stereocenters. The molecule has 13 heteroatoms. The Morgan fingerprint density at radius 1 is 1.00 bits per heavy atom. The largest absolute Gasteiger partial charge is 0.357 e. The van der Waals surface area contributed by atoms with Crippen LogP contribution in [0.25, 0.3) is 21.8 Å². The van der Waals surface area contributed by atoms with Crippen LogP contribution in [0.15, 0.2) is 53.6 Å². The lowest BCUT2D eigenvalue weighted by molar-refractivity contribution is 0.577. The van der Waals surface area contributed by atoms with Gasteiger partial charge in [-0.1, -0.05) is 46.7 Å². The van der Waals surface area contributed by atoms with E-state index in [1.807, 2.05) is 0 Å². The van der Waals surface area contributed by atoms with Crippen molar-refractivity contribution in [3.63, 3.8) is 0 Å². The average molecular weight is 594 g/mol. The molecule has 0 spiro atoms. The van der Waals surface area contributed by atoms with Gasteiger partial charge in [0.25, 0.3) is 10.0 Å². The zero-order chi connectivity index (χ0) is 26.9. The third-order valence-corrected chi connectivity index (χ3v) is 9.50. The van der Waals surface area contributed by atoms with Crippen molar-refractivity contribution in [3.05, 3.63) is 64.5 Å². The Balaban J connectivity index is 1.60. The molecule has 1 aliphatic rings. The SMILES string of the molecule is CNc1nccc(-c2sc(N3CCCCC3)nc2-c2cccc(NS(=O)(=O)c3c(Cl)cccc3Cl)c2F)n1. The first-order chi connectivity index (χ1) is 18.3. The van der Waals surface area contributed by atoms with Crippen LogP contribution in [0.1, 0.15) is 19.3 Å². The minimum absolute atomic E-state index is 0.0707. The zero-order valence-corrected chi connectivity index (χ0v) is 23.4. The second-order valence-electron chi connectivity index (χ2n) is 8.56. The summed E-state index contributed by atoms with van der Waals surface area (Å²) in [5.41, 5.74) is 0.823. The lowest BCUT2D eigenvalue weighted by atomic mass is 10.1. The fourth-order valence-electron chi connectivity index (χ4n) is 4.22. The van der Waals surface area contributed by atoms with Crippen molar-refractivity contribution in [2.24, 2.45) is 0 Å². The zero-order valence-electron chi connectivity index (χ0n) is 20.2. The van der Waals surface area contributed by atoms with Crippen molar-refractivity contribution >= 4 is 61.3 Å². The Labute approximate surface area is 233 Å². The highest BCUT2D eigenvalue weighted by atomic mass is 35.5. The summed E-state index contributed by atoms with van der Waals surface area (Å²) in [6.07, 6.45) is 4.88. The van der Waals surface area contributed by atoms with Crippen molar-refractivity contribution in [3.8, 4) is 21.8 Å². The summed E-state index contributed by atoms with van der Waals surface area (Å²) in [6.45, 7) is 1.72. The first kappa shape index (κ1) is 26.6. The lowest BCUT2D eigenvalue weighted by Gasteiger charge is -2.25. The number of hydrogen-bond donors (Lipinski definition) is 2. The number of nitrogens with zero attached hydrogens (tertiary/aromatic N) is 4. The minimum Gasteiger partial charge on any atom is -0.357 e. The van der Waals surface area contributed by atoms with Crippen molar-refractivity contribution in [2.45, 2.75) is 24.2 Å². The number of benzene rings is 2. The lowest BCUT2D eigenvalue weighted by Crippen LogP contribution is -2.29. The summed E-state index contributed by atoms with van der Waals surface area (Å²) < 4.78 is 44.6. The fraction of sp³-hybridized carbons (Fsp3) is 0.240. The summed E-state index contributed by atoms with van der Waals surface area (Å²) in [6, 6.07) is 10.5. The van der Waals surface area contributed by atoms with Gasteiger partial charge in [0.1, 0.15) is 4.90 Å². The second-order valence-corrected chi connectivity index (χ2v) is 12.0. The van der Waals surface area contributed by atoms with Crippen molar-refractivity contribution in [1.29, 1.82) is 0 Å². The van der Waals surface area contributed by atoms with E-state index in [9.17, 15) is 8.42 Å². The Kier molecular flexibility index (Phi) is 7.71. The van der Waals surface area contributed by atoms with E-state index in [1.165, 1.54) is 35.6 Å². The predicted molar refractivity (Wildman–Crippen MR) is 151 cm³/mol. The van der Waals surface area contributed by atoms with Crippen LogP contribution in [-0.4, -0.2) is 43.5 Å². The Morgan fingerprint density at radius 2 is 1.71 bits per heavy atom. The van der Waals surface area contributed by atoms with E-state index in [4.69, 9.17) is 28.2 Å². The van der Waals surface area contributed by atoms with Crippen LogP contribution in [0.5, 0.6) is 0 Å². The van der Waals surface area contributed by atoms with E-state index in [0.29, 0.717) is 22.2 Å². The van der Waals surface area contributed by atoms with Crippen LogP contribution in [0.4, 0.5) is 21.2 Å². The molecule has 0 atom stereocenters. The van der Waals surface area contributed by atoms with Gasteiger partial charge in [-0.25, -0.2) is 27.8 Å². The molecule has 1 fully saturated rings. The van der Waals surface area contributed by atoms with Crippen molar-refractivity contribution in [2.75, 3.05) is 35.1 Å². The molecule has 0 aliphatic carbocycles. The topological polar surface area (TPSA) is 100 Å². The van der Waals surface area contributed by atoms with E-state index in [1.54, 1.807) is 31.4 Å². The molecule has 198 valence electrons. The Morgan fingerprint density at radius 3 is 2.42 bits per heavy atom. The van der Waals surface area contributed by atoms with Gasteiger partial charge >= 0.3 is 0 Å². The Bertz CT molecular complexity index is 1570. The Hall–Kier alpha value is -2.99. The molecule has 5 rings (SSSR count). The smallest absolute Gasteiger partial charge is 0.264 e. The number of anilines is 3. The fourth-order valence-corrected chi connectivity index (χ4v) is 7.53. The number of nitrogens with one attached hydrogen (secondary N) is 2. The number of halogens is 3. The van der Waals surface area contributed by atoms with E-state index in [0.717, 1.165) is 37.5 Å². The molecule has 2 aromatic heterocycles. The molecule has 1 aliphatic heterocycles. The molecule has 1 saturated heterocycles. The van der Waals surface area contributed by atoms with Gasteiger partial charge in [-0.2, -0.15) is 0 Å². The van der Waals surface area contributed by atoms with Crippen LogP contribution >= 0.6 is 34.5 Å². The summed E-state index contributed by atoms with van der Waals surface area (Å²) in [5.74, 6) is -0.362. The highest BCUT2D eigenvalue weighted by molar-refractivity contribution is 7.93. The maximum atomic E-state index is 16.0. The van der Waals surface area contributed by atoms with Gasteiger partial charge in [-0.3, -0.25) is 4.72 Å². The molecule has 4 aromatic rings.